The number of carbonyl (C=O) groups excluding carboxylic acids is 4. The van der Waals surface area contributed by atoms with Crippen LogP contribution in [0.3, 0.4) is 0 Å². The van der Waals surface area contributed by atoms with Gasteiger partial charge in [0, 0.05) is 24.5 Å². The van der Waals surface area contributed by atoms with Crippen molar-refractivity contribution in [3.05, 3.63) is 126 Å². The molecule has 2 aliphatic rings. The van der Waals surface area contributed by atoms with E-state index >= 15 is 0 Å². The molecule has 0 unspecified atom stereocenters. The van der Waals surface area contributed by atoms with Crippen LogP contribution < -0.4 is 15.4 Å². The van der Waals surface area contributed by atoms with Crippen molar-refractivity contribution in [3.63, 3.8) is 0 Å². The zero-order chi connectivity index (χ0) is 33.3. The van der Waals surface area contributed by atoms with Crippen LogP contribution in [0.4, 0.5) is 16.2 Å². The number of hydrogen-bond acceptors (Lipinski definition) is 5. The largest absolute Gasteiger partial charge is 0.415 e. The van der Waals surface area contributed by atoms with Crippen molar-refractivity contribution in [3.8, 4) is 5.75 Å². The molecule has 0 aromatic heterocycles. The molecule has 4 aromatic rings. The molecule has 0 spiro atoms. The van der Waals surface area contributed by atoms with Gasteiger partial charge in [-0.3, -0.25) is 19.3 Å². The maximum Gasteiger partial charge on any atom is 0.415 e. The Morgan fingerprint density at radius 3 is 1.65 bits per heavy atom. The molecule has 0 saturated carbocycles. The SMILES string of the molecule is O=C(Nc1ccc(C=Cc2ccc(NC(=O)[C@@H]3CCCN3C(=O)Oc3ccccc3)cc2)cc1)[C@@H]1CCCN1C(=O)Cc1ccccc1. The van der Waals surface area contributed by atoms with E-state index in [-0.39, 0.29) is 24.1 Å². The Morgan fingerprint density at radius 2 is 1.10 bits per heavy atom. The van der Waals surface area contributed by atoms with Crippen molar-refractivity contribution in [1.29, 1.82) is 0 Å². The quantitative estimate of drug-likeness (QED) is 0.199. The van der Waals surface area contributed by atoms with Gasteiger partial charge in [0.1, 0.15) is 17.8 Å². The first-order valence-corrected chi connectivity index (χ1v) is 16.3. The van der Waals surface area contributed by atoms with E-state index in [9.17, 15) is 19.2 Å². The summed E-state index contributed by atoms with van der Waals surface area (Å²) in [7, 11) is 0. The third-order valence-corrected chi connectivity index (χ3v) is 8.64. The molecule has 2 aliphatic heterocycles. The highest BCUT2D eigenvalue weighted by Gasteiger charge is 2.36. The van der Waals surface area contributed by atoms with E-state index in [0.717, 1.165) is 29.5 Å². The molecule has 2 saturated heterocycles. The van der Waals surface area contributed by atoms with Crippen LogP contribution in [-0.4, -0.2) is 58.8 Å². The summed E-state index contributed by atoms with van der Waals surface area (Å²) in [6.45, 7) is 1.06. The zero-order valence-corrected chi connectivity index (χ0v) is 26.6. The number of nitrogens with zero attached hydrogens (tertiary/aromatic N) is 2. The lowest BCUT2D eigenvalue weighted by Gasteiger charge is -2.24. The normalized spacial score (nSPS) is 17.3. The lowest BCUT2D eigenvalue weighted by Crippen LogP contribution is -2.44. The summed E-state index contributed by atoms with van der Waals surface area (Å²) in [6, 6.07) is 32.4. The number of likely N-dealkylation sites (tertiary alicyclic amines) is 2. The predicted octanol–water partition coefficient (Wildman–Crippen LogP) is 6.63. The second kappa shape index (κ2) is 15.3. The van der Waals surface area contributed by atoms with Crippen LogP contribution in [0.25, 0.3) is 12.2 Å². The molecule has 244 valence electrons. The molecule has 0 radical (unpaired) electrons. The Kier molecular flexibility index (Phi) is 10.3. The second-order valence-corrected chi connectivity index (χ2v) is 12.0. The number of para-hydroxylation sites is 1. The smallest absolute Gasteiger partial charge is 0.410 e. The van der Waals surface area contributed by atoms with Crippen molar-refractivity contribution in [2.24, 2.45) is 0 Å². The highest BCUT2D eigenvalue weighted by atomic mass is 16.6. The van der Waals surface area contributed by atoms with Gasteiger partial charge in [0.25, 0.3) is 0 Å². The predicted molar refractivity (Wildman–Crippen MR) is 186 cm³/mol. The van der Waals surface area contributed by atoms with Gasteiger partial charge in [-0.05, 0) is 78.8 Å². The fourth-order valence-electron chi connectivity index (χ4n) is 6.11. The van der Waals surface area contributed by atoms with Gasteiger partial charge >= 0.3 is 6.09 Å². The summed E-state index contributed by atoms with van der Waals surface area (Å²) < 4.78 is 5.45. The summed E-state index contributed by atoms with van der Waals surface area (Å²) in [6.07, 6.45) is 6.46. The van der Waals surface area contributed by atoms with E-state index in [1.165, 1.54) is 4.90 Å². The van der Waals surface area contributed by atoms with Gasteiger partial charge in [-0.25, -0.2) is 4.79 Å². The molecule has 2 heterocycles. The first-order valence-electron chi connectivity index (χ1n) is 16.3. The van der Waals surface area contributed by atoms with Crippen molar-refractivity contribution < 1.29 is 23.9 Å². The van der Waals surface area contributed by atoms with Crippen molar-refractivity contribution in [1.82, 2.24) is 9.80 Å². The van der Waals surface area contributed by atoms with Crippen molar-refractivity contribution in [2.75, 3.05) is 23.7 Å². The first-order chi connectivity index (χ1) is 23.4. The number of carbonyl (C=O) groups is 4. The topological polar surface area (TPSA) is 108 Å². The van der Waals surface area contributed by atoms with Crippen LogP contribution in [0.1, 0.15) is 42.4 Å². The van der Waals surface area contributed by atoms with Gasteiger partial charge in [-0.15, -0.1) is 0 Å². The Balaban J connectivity index is 0.985. The van der Waals surface area contributed by atoms with Crippen LogP contribution >= 0.6 is 0 Å². The van der Waals surface area contributed by atoms with Crippen LogP contribution in [0.15, 0.2) is 109 Å². The standard InChI is InChI=1S/C39H38N4O5/c44-36(27-30-9-3-1-4-10-30)42-25-7-13-34(42)37(45)40-31-21-17-28(18-22-31)15-16-29-19-23-32(24-20-29)41-38(46)35-14-8-26-43(35)39(47)48-33-11-5-2-6-12-33/h1-6,9-12,15-24,34-35H,7-8,13-14,25-27H2,(H,40,45)(H,41,46)/t34-,35-/m0/s1. The lowest BCUT2D eigenvalue weighted by molar-refractivity contribution is -0.136. The van der Waals surface area contributed by atoms with E-state index in [0.29, 0.717) is 43.1 Å². The molecule has 48 heavy (non-hydrogen) atoms. The Bertz CT molecular complexity index is 1630. The summed E-state index contributed by atoms with van der Waals surface area (Å²) in [4.78, 5) is 54.9. The number of nitrogens with one attached hydrogen (secondary N) is 2. The number of ether oxygens (including phenoxy) is 1. The zero-order valence-electron chi connectivity index (χ0n) is 26.6. The molecule has 0 aliphatic carbocycles. The van der Waals surface area contributed by atoms with Crippen molar-refractivity contribution >= 4 is 47.3 Å². The minimum absolute atomic E-state index is 0.0312. The number of anilines is 2. The fraction of sp³-hybridized carbons (Fsp3) is 0.231. The van der Waals surface area contributed by atoms with E-state index < -0.39 is 18.2 Å². The molecule has 2 fully saturated rings. The number of hydrogen-bond donors (Lipinski definition) is 2. The molecule has 4 amide bonds. The number of amides is 4. The lowest BCUT2D eigenvalue weighted by atomic mass is 10.1. The fourth-order valence-corrected chi connectivity index (χ4v) is 6.11. The van der Waals surface area contributed by atoms with Gasteiger partial charge in [-0.1, -0.05) is 84.9 Å². The first kappa shape index (κ1) is 32.2. The van der Waals surface area contributed by atoms with E-state index in [4.69, 9.17) is 4.74 Å². The molecule has 0 bridgehead atoms. The monoisotopic (exact) mass is 642 g/mol. The van der Waals surface area contributed by atoms with E-state index in [1.54, 1.807) is 29.2 Å². The van der Waals surface area contributed by atoms with Crippen LogP contribution in [0.5, 0.6) is 5.75 Å². The minimum Gasteiger partial charge on any atom is -0.410 e. The minimum atomic E-state index is -0.590. The molecule has 2 N–H and O–H groups in total. The van der Waals surface area contributed by atoms with Gasteiger partial charge in [0.2, 0.25) is 17.7 Å². The molecule has 6 rings (SSSR count). The highest BCUT2D eigenvalue weighted by molar-refractivity contribution is 5.98. The maximum absolute atomic E-state index is 13.1. The van der Waals surface area contributed by atoms with Crippen LogP contribution in [0.2, 0.25) is 0 Å². The summed E-state index contributed by atoms with van der Waals surface area (Å²) in [5.41, 5.74) is 4.16. The third kappa shape index (κ3) is 8.17. The van der Waals surface area contributed by atoms with Gasteiger partial charge < -0.3 is 20.3 Å². The third-order valence-electron chi connectivity index (χ3n) is 8.64. The number of benzene rings is 4. The van der Waals surface area contributed by atoms with Gasteiger partial charge in [0.05, 0.1) is 6.42 Å². The van der Waals surface area contributed by atoms with Crippen LogP contribution in [0, 0.1) is 0 Å². The highest BCUT2D eigenvalue weighted by Crippen LogP contribution is 2.24. The molecule has 4 aromatic carbocycles. The Labute approximate surface area is 280 Å². The molecular weight excluding hydrogens is 604 g/mol. The van der Waals surface area contributed by atoms with E-state index in [1.807, 2.05) is 97.1 Å². The van der Waals surface area contributed by atoms with Gasteiger partial charge in [-0.2, -0.15) is 0 Å². The second-order valence-electron chi connectivity index (χ2n) is 12.0. The molecule has 2 atom stereocenters. The molecule has 9 nitrogen and oxygen atoms in total. The summed E-state index contributed by atoms with van der Waals surface area (Å²) in [5, 5.41) is 5.90. The van der Waals surface area contributed by atoms with E-state index in [2.05, 4.69) is 10.6 Å². The van der Waals surface area contributed by atoms with Gasteiger partial charge in [0.15, 0.2) is 0 Å². The average molecular weight is 643 g/mol. The summed E-state index contributed by atoms with van der Waals surface area (Å²) in [5.74, 6) is 0.000579. The molecular formula is C39H38N4O5. The van der Waals surface area contributed by atoms with Crippen molar-refractivity contribution in [2.45, 2.75) is 44.2 Å². The number of rotatable bonds is 9. The maximum atomic E-state index is 13.1. The Hall–Kier alpha value is -5.70. The average Bonchev–Trinajstić information content (AvgIpc) is 3.81. The van der Waals surface area contributed by atoms with Crippen LogP contribution in [-0.2, 0) is 20.8 Å². The Morgan fingerprint density at radius 1 is 0.625 bits per heavy atom. The summed E-state index contributed by atoms with van der Waals surface area (Å²) >= 11 is 0. The molecule has 9 heteroatoms.